The Morgan fingerprint density at radius 1 is 1.50 bits per heavy atom. The van der Waals surface area contributed by atoms with Crippen LogP contribution >= 0.6 is 12.2 Å². The second kappa shape index (κ2) is 6.99. The standard InChI is InChI=1S/C15H24N4S/c1-3-8-19-9-5-12(6-10-19)18-15-13(14(16)20)11(2)4-7-17-15/h4,7,12H,3,5-6,8-10H2,1-2H3,(H2,16,20)(H,17,18). The minimum Gasteiger partial charge on any atom is -0.389 e. The molecule has 0 bridgehead atoms. The van der Waals surface area contributed by atoms with E-state index in [2.05, 4.69) is 22.1 Å². The third-order valence-electron chi connectivity index (χ3n) is 3.87. The van der Waals surface area contributed by atoms with Crippen molar-refractivity contribution in [3.63, 3.8) is 0 Å². The molecule has 2 rings (SSSR count). The van der Waals surface area contributed by atoms with Crippen LogP contribution in [-0.4, -0.2) is 40.5 Å². The molecule has 0 spiro atoms. The van der Waals surface area contributed by atoms with Crippen LogP contribution in [0, 0.1) is 6.92 Å². The topological polar surface area (TPSA) is 54.2 Å². The number of nitrogens with one attached hydrogen (secondary N) is 1. The highest BCUT2D eigenvalue weighted by Gasteiger charge is 2.20. The van der Waals surface area contributed by atoms with E-state index < -0.39 is 0 Å². The number of aromatic nitrogens is 1. The highest BCUT2D eigenvalue weighted by Crippen LogP contribution is 2.20. The third kappa shape index (κ3) is 3.67. The monoisotopic (exact) mass is 292 g/mol. The smallest absolute Gasteiger partial charge is 0.136 e. The van der Waals surface area contributed by atoms with Crippen LogP contribution in [0.2, 0.25) is 0 Å². The fourth-order valence-corrected chi connectivity index (χ4v) is 3.05. The molecule has 0 aliphatic carbocycles. The Labute approximate surface area is 126 Å². The molecule has 1 aromatic rings. The van der Waals surface area contributed by atoms with Gasteiger partial charge in [0.15, 0.2) is 0 Å². The Hall–Kier alpha value is -1.20. The molecule has 0 amide bonds. The van der Waals surface area contributed by atoms with Gasteiger partial charge >= 0.3 is 0 Å². The molecule has 1 aliphatic heterocycles. The first-order valence-electron chi connectivity index (χ1n) is 7.36. The molecule has 0 saturated carbocycles. The van der Waals surface area contributed by atoms with E-state index in [0.717, 1.165) is 42.9 Å². The molecule has 0 aromatic carbocycles. The maximum atomic E-state index is 5.83. The molecule has 20 heavy (non-hydrogen) atoms. The second-order valence-electron chi connectivity index (χ2n) is 5.48. The summed E-state index contributed by atoms with van der Waals surface area (Å²) in [5.41, 5.74) is 7.79. The number of likely N-dealkylation sites (tertiary alicyclic amines) is 1. The van der Waals surface area contributed by atoms with E-state index in [1.165, 1.54) is 13.0 Å². The average molecular weight is 292 g/mol. The van der Waals surface area contributed by atoms with Gasteiger partial charge in [0.25, 0.3) is 0 Å². The Bertz CT molecular complexity index is 467. The summed E-state index contributed by atoms with van der Waals surface area (Å²) >= 11 is 5.15. The van der Waals surface area contributed by atoms with Crippen LogP contribution in [0.3, 0.4) is 0 Å². The number of anilines is 1. The minimum atomic E-state index is 0.418. The first kappa shape index (κ1) is 15.2. The lowest BCUT2D eigenvalue weighted by Crippen LogP contribution is -2.39. The molecular weight excluding hydrogens is 268 g/mol. The number of thiocarbonyl (C=S) groups is 1. The van der Waals surface area contributed by atoms with Crippen LogP contribution in [0.4, 0.5) is 5.82 Å². The summed E-state index contributed by atoms with van der Waals surface area (Å²) in [7, 11) is 0. The molecule has 1 aromatic heterocycles. The fourth-order valence-electron chi connectivity index (χ4n) is 2.79. The molecule has 3 N–H and O–H groups in total. The maximum Gasteiger partial charge on any atom is 0.136 e. The Kier molecular flexibility index (Phi) is 5.31. The van der Waals surface area contributed by atoms with Crippen molar-refractivity contribution in [2.45, 2.75) is 39.2 Å². The quantitative estimate of drug-likeness (QED) is 0.816. The van der Waals surface area contributed by atoms with Gasteiger partial charge in [0, 0.05) is 25.3 Å². The van der Waals surface area contributed by atoms with Crippen LogP contribution < -0.4 is 11.1 Å². The van der Waals surface area contributed by atoms with E-state index in [4.69, 9.17) is 18.0 Å². The highest BCUT2D eigenvalue weighted by molar-refractivity contribution is 7.80. The van der Waals surface area contributed by atoms with Gasteiger partial charge in [-0.1, -0.05) is 19.1 Å². The molecule has 1 fully saturated rings. The Morgan fingerprint density at radius 3 is 2.80 bits per heavy atom. The molecule has 0 radical (unpaired) electrons. The lowest BCUT2D eigenvalue weighted by atomic mass is 10.0. The zero-order valence-electron chi connectivity index (χ0n) is 12.4. The van der Waals surface area contributed by atoms with Gasteiger partial charge in [0.2, 0.25) is 0 Å². The van der Waals surface area contributed by atoms with Crippen LogP contribution in [-0.2, 0) is 0 Å². The van der Waals surface area contributed by atoms with Crippen molar-refractivity contribution in [1.29, 1.82) is 0 Å². The molecule has 0 atom stereocenters. The summed E-state index contributed by atoms with van der Waals surface area (Å²) in [4.78, 5) is 7.36. The molecule has 1 aliphatic rings. The minimum absolute atomic E-state index is 0.418. The van der Waals surface area contributed by atoms with Crippen molar-refractivity contribution in [3.8, 4) is 0 Å². The zero-order chi connectivity index (χ0) is 14.5. The summed E-state index contributed by atoms with van der Waals surface area (Å²) in [5, 5.41) is 3.53. The number of pyridine rings is 1. The highest BCUT2D eigenvalue weighted by atomic mass is 32.1. The van der Waals surface area contributed by atoms with Crippen molar-refractivity contribution in [3.05, 3.63) is 23.4 Å². The summed E-state index contributed by atoms with van der Waals surface area (Å²) in [6.45, 7) is 7.76. The van der Waals surface area contributed by atoms with Crippen LogP contribution in [0.15, 0.2) is 12.3 Å². The number of piperidine rings is 1. The van der Waals surface area contributed by atoms with Crippen molar-refractivity contribution in [2.75, 3.05) is 25.0 Å². The van der Waals surface area contributed by atoms with Gasteiger partial charge in [-0.05, 0) is 44.4 Å². The molecular formula is C15H24N4S. The van der Waals surface area contributed by atoms with Crippen molar-refractivity contribution in [2.24, 2.45) is 5.73 Å². The van der Waals surface area contributed by atoms with Gasteiger partial charge in [-0.3, -0.25) is 0 Å². The van der Waals surface area contributed by atoms with Crippen molar-refractivity contribution in [1.82, 2.24) is 9.88 Å². The van der Waals surface area contributed by atoms with E-state index in [0.29, 0.717) is 11.0 Å². The van der Waals surface area contributed by atoms with E-state index in [1.807, 2.05) is 19.2 Å². The van der Waals surface area contributed by atoms with Crippen LogP contribution in [0.25, 0.3) is 0 Å². The number of nitrogens with zero attached hydrogens (tertiary/aromatic N) is 2. The first-order valence-corrected chi connectivity index (χ1v) is 7.77. The molecule has 4 nitrogen and oxygen atoms in total. The molecule has 110 valence electrons. The summed E-state index contributed by atoms with van der Waals surface area (Å²) in [5.74, 6) is 0.839. The number of nitrogens with two attached hydrogens (primary N) is 1. The van der Waals surface area contributed by atoms with E-state index in [-0.39, 0.29) is 0 Å². The average Bonchev–Trinajstić information content (AvgIpc) is 2.41. The van der Waals surface area contributed by atoms with Crippen molar-refractivity contribution < 1.29 is 0 Å². The summed E-state index contributed by atoms with van der Waals surface area (Å²) < 4.78 is 0. The number of rotatable bonds is 5. The van der Waals surface area contributed by atoms with E-state index in [1.54, 1.807) is 0 Å². The lowest BCUT2D eigenvalue weighted by molar-refractivity contribution is 0.219. The molecule has 5 heteroatoms. The Morgan fingerprint density at radius 2 is 2.20 bits per heavy atom. The number of aryl methyl sites for hydroxylation is 1. The van der Waals surface area contributed by atoms with Gasteiger partial charge in [-0.25, -0.2) is 4.98 Å². The van der Waals surface area contributed by atoms with Gasteiger partial charge in [0.1, 0.15) is 10.8 Å². The third-order valence-corrected chi connectivity index (χ3v) is 4.08. The number of hydrogen-bond donors (Lipinski definition) is 2. The molecule has 1 saturated heterocycles. The normalized spacial score (nSPS) is 17.1. The predicted octanol–water partition coefficient (Wildman–Crippen LogP) is 2.31. The zero-order valence-corrected chi connectivity index (χ0v) is 13.2. The molecule has 0 unspecified atom stereocenters. The van der Waals surface area contributed by atoms with Gasteiger partial charge in [-0.2, -0.15) is 0 Å². The van der Waals surface area contributed by atoms with Gasteiger partial charge in [-0.15, -0.1) is 0 Å². The van der Waals surface area contributed by atoms with Crippen LogP contribution in [0.5, 0.6) is 0 Å². The maximum absolute atomic E-state index is 5.83. The largest absolute Gasteiger partial charge is 0.389 e. The fraction of sp³-hybridized carbons (Fsp3) is 0.600. The summed E-state index contributed by atoms with van der Waals surface area (Å²) in [6, 6.07) is 2.41. The number of hydrogen-bond acceptors (Lipinski definition) is 4. The van der Waals surface area contributed by atoms with Gasteiger partial charge in [0.05, 0.1) is 5.56 Å². The lowest BCUT2D eigenvalue weighted by Gasteiger charge is -2.32. The molecule has 2 heterocycles. The van der Waals surface area contributed by atoms with Crippen molar-refractivity contribution >= 4 is 23.0 Å². The SMILES string of the molecule is CCCN1CCC(Nc2nccc(C)c2C(N)=S)CC1. The second-order valence-corrected chi connectivity index (χ2v) is 5.92. The summed E-state index contributed by atoms with van der Waals surface area (Å²) in [6.07, 6.45) is 5.33. The van der Waals surface area contributed by atoms with E-state index >= 15 is 0 Å². The first-order chi connectivity index (χ1) is 9.61. The Balaban J connectivity index is 2.01. The predicted molar refractivity (Wildman–Crippen MR) is 88.2 cm³/mol. The van der Waals surface area contributed by atoms with Crippen LogP contribution in [0.1, 0.15) is 37.3 Å². The van der Waals surface area contributed by atoms with E-state index in [9.17, 15) is 0 Å². The van der Waals surface area contributed by atoms with Gasteiger partial charge < -0.3 is 16.0 Å².